The number of ether oxygens (including phenoxy) is 1. The average molecular weight is 369 g/mol. The van der Waals surface area contributed by atoms with E-state index in [2.05, 4.69) is 15.5 Å². The first-order valence-electron chi connectivity index (χ1n) is 8.78. The van der Waals surface area contributed by atoms with Crippen LogP contribution >= 0.6 is 0 Å². The molecule has 0 aromatic heterocycles. The van der Waals surface area contributed by atoms with E-state index in [9.17, 15) is 18.4 Å². The van der Waals surface area contributed by atoms with Gasteiger partial charge in [0.05, 0.1) is 18.8 Å². The molecule has 0 aliphatic carbocycles. The lowest BCUT2D eigenvalue weighted by molar-refractivity contribution is -0.121. The molecule has 1 atom stereocenters. The van der Waals surface area contributed by atoms with Crippen LogP contribution in [0.1, 0.15) is 30.1 Å². The molecule has 2 amide bonds. The van der Waals surface area contributed by atoms with Gasteiger partial charge < -0.3 is 15.4 Å². The van der Waals surface area contributed by atoms with E-state index in [-0.39, 0.29) is 30.5 Å². The number of carbonyl (C=O) groups excluding carboxylic acids is 2. The van der Waals surface area contributed by atoms with Crippen molar-refractivity contribution in [2.24, 2.45) is 0 Å². The van der Waals surface area contributed by atoms with Gasteiger partial charge in [-0.25, -0.2) is 8.78 Å². The number of carbonyl (C=O) groups is 2. The second kappa shape index (κ2) is 10.2. The van der Waals surface area contributed by atoms with Crippen molar-refractivity contribution in [3.8, 4) is 0 Å². The van der Waals surface area contributed by atoms with Gasteiger partial charge in [-0.05, 0) is 25.5 Å². The highest BCUT2D eigenvalue weighted by atomic mass is 19.1. The predicted molar refractivity (Wildman–Crippen MR) is 92.8 cm³/mol. The van der Waals surface area contributed by atoms with E-state index >= 15 is 0 Å². The predicted octanol–water partition coefficient (Wildman–Crippen LogP) is 1.31. The van der Waals surface area contributed by atoms with E-state index in [4.69, 9.17) is 4.74 Å². The summed E-state index contributed by atoms with van der Waals surface area (Å²) in [7, 11) is 0. The van der Waals surface area contributed by atoms with Crippen molar-refractivity contribution in [3.63, 3.8) is 0 Å². The highest BCUT2D eigenvalue weighted by molar-refractivity contribution is 5.94. The maximum Gasteiger partial charge on any atom is 0.254 e. The number of rotatable bonds is 8. The Balaban J connectivity index is 1.62. The number of nitrogens with one attached hydrogen (secondary N) is 2. The summed E-state index contributed by atoms with van der Waals surface area (Å²) >= 11 is 0. The summed E-state index contributed by atoms with van der Waals surface area (Å²) in [4.78, 5) is 26.0. The Labute approximate surface area is 151 Å². The second-order valence-corrected chi connectivity index (χ2v) is 6.37. The first-order chi connectivity index (χ1) is 12.5. The van der Waals surface area contributed by atoms with Crippen molar-refractivity contribution in [1.82, 2.24) is 15.5 Å². The molecule has 1 fully saturated rings. The maximum absolute atomic E-state index is 13.5. The minimum Gasteiger partial charge on any atom is -0.379 e. The zero-order valence-corrected chi connectivity index (χ0v) is 14.9. The molecular formula is C18H25F2N3O3. The molecule has 0 radical (unpaired) electrons. The van der Waals surface area contributed by atoms with Gasteiger partial charge in [-0.3, -0.25) is 14.5 Å². The molecule has 0 bridgehead atoms. The lowest BCUT2D eigenvalue weighted by Gasteiger charge is -2.29. The highest BCUT2D eigenvalue weighted by Gasteiger charge is 2.15. The van der Waals surface area contributed by atoms with E-state index in [1.807, 2.05) is 6.92 Å². The second-order valence-electron chi connectivity index (χ2n) is 6.37. The zero-order valence-electron chi connectivity index (χ0n) is 14.9. The van der Waals surface area contributed by atoms with Gasteiger partial charge >= 0.3 is 0 Å². The number of hydrogen-bond acceptors (Lipinski definition) is 4. The van der Waals surface area contributed by atoms with Crippen LogP contribution in [0.25, 0.3) is 0 Å². The van der Waals surface area contributed by atoms with E-state index in [1.54, 1.807) is 0 Å². The number of hydrogen-bond donors (Lipinski definition) is 2. The zero-order chi connectivity index (χ0) is 18.9. The van der Waals surface area contributed by atoms with Gasteiger partial charge in [-0.1, -0.05) is 0 Å². The van der Waals surface area contributed by atoms with Crippen molar-refractivity contribution in [2.75, 3.05) is 39.4 Å². The van der Waals surface area contributed by atoms with Crippen LogP contribution in [-0.2, 0) is 9.53 Å². The van der Waals surface area contributed by atoms with E-state index in [1.165, 1.54) is 0 Å². The van der Waals surface area contributed by atoms with Crippen LogP contribution in [0.15, 0.2) is 18.2 Å². The third kappa shape index (κ3) is 6.68. The van der Waals surface area contributed by atoms with Gasteiger partial charge in [0, 0.05) is 44.7 Å². The molecule has 1 saturated heterocycles. The van der Waals surface area contributed by atoms with E-state index in [0.29, 0.717) is 12.5 Å². The summed E-state index contributed by atoms with van der Waals surface area (Å²) < 4.78 is 31.6. The molecule has 1 heterocycles. The fourth-order valence-electron chi connectivity index (χ4n) is 2.78. The highest BCUT2D eigenvalue weighted by Crippen LogP contribution is 2.09. The normalized spacial score (nSPS) is 16.1. The Morgan fingerprint density at radius 3 is 2.69 bits per heavy atom. The Morgan fingerprint density at radius 1 is 1.27 bits per heavy atom. The van der Waals surface area contributed by atoms with Gasteiger partial charge in [0.1, 0.15) is 11.6 Å². The molecule has 26 heavy (non-hydrogen) atoms. The maximum atomic E-state index is 13.5. The van der Waals surface area contributed by atoms with Gasteiger partial charge in [0.15, 0.2) is 0 Å². The van der Waals surface area contributed by atoms with Crippen LogP contribution in [-0.4, -0.2) is 62.1 Å². The van der Waals surface area contributed by atoms with Crippen LogP contribution in [0.2, 0.25) is 0 Å². The van der Waals surface area contributed by atoms with Gasteiger partial charge in [0.25, 0.3) is 5.91 Å². The van der Waals surface area contributed by atoms with Crippen LogP contribution < -0.4 is 10.6 Å². The lowest BCUT2D eigenvalue weighted by atomic mass is 10.2. The van der Waals surface area contributed by atoms with Gasteiger partial charge in [0.2, 0.25) is 5.91 Å². The minimum absolute atomic E-state index is 0.0310. The third-order valence-electron chi connectivity index (χ3n) is 4.09. The Kier molecular flexibility index (Phi) is 7.93. The van der Waals surface area contributed by atoms with Gasteiger partial charge in [-0.2, -0.15) is 0 Å². The molecule has 1 unspecified atom stereocenters. The number of nitrogens with zero attached hydrogens (tertiary/aromatic N) is 1. The molecule has 1 aliphatic heterocycles. The fourth-order valence-corrected chi connectivity index (χ4v) is 2.78. The van der Waals surface area contributed by atoms with Crippen LogP contribution in [0.5, 0.6) is 0 Å². The molecule has 8 heteroatoms. The molecule has 144 valence electrons. The smallest absolute Gasteiger partial charge is 0.254 e. The van der Waals surface area contributed by atoms with Crippen molar-refractivity contribution in [1.29, 1.82) is 0 Å². The largest absolute Gasteiger partial charge is 0.379 e. The molecular weight excluding hydrogens is 344 g/mol. The molecule has 2 N–H and O–H groups in total. The Bertz CT molecular complexity index is 622. The average Bonchev–Trinajstić information content (AvgIpc) is 2.59. The fraction of sp³-hybridized carbons (Fsp3) is 0.556. The van der Waals surface area contributed by atoms with Crippen molar-refractivity contribution >= 4 is 11.8 Å². The lowest BCUT2D eigenvalue weighted by Crippen LogP contribution is -2.46. The number of morpholine rings is 1. The van der Waals surface area contributed by atoms with Crippen LogP contribution in [0, 0.1) is 11.6 Å². The molecule has 0 spiro atoms. The summed E-state index contributed by atoms with van der Waals surface area (Å²) in [6.07, 6.45) is 0.699. The van der Waals surface area contributed by atoms with Crippen LogP contribution in [0.4, 0.5) is 8.78 Å². The summed E-state index contributed by atoms with van der Waals surface area (Å²) in [5.74, 6) is -2.35. The third-order valence-corrected chi connectivity index (χ3v) is 4.09. The number of amides is 2. The molecule has 1 aromatic carbocycles. The monoisotopic (exact) mass is 369 g/mol. The summed E-state index contributed by atoms with van der Waals surface area (Å²) in [6.45, 7) is 6.13. The van der Waals surface area contributed by atoms with Gasteiger partial charge in [-0.15, -0.1) is 0 Å². The van der Waals surface area contributed by atoms with Crippen molar-refractivity contribution in [3.05, 3.63) is 35.4 Å². The SMILES string of the molecule is CC(CN1CCOCC1)NC(=O)CCCNC(=O)c1ccc(F)cc1F. The number of benzene rings is 1. The van der Waals surface area contributed by atoms with E-state index in [0.717, 1.165) is 45.0 Å². The molecule has 2 rings (SSSR count). The topological polar surface area (TPSA) is 70.7 Å². The molecule has 1 aromatic rings. The summed E-state index contributed by atoms with van der Waals surface area (Å²) in [5.41, 5.74) is -0.213. The summed E-state index contributed by atoms with van der Waals surface area (Å²) in [5, 5.41) is 5.46. The number of halogens is 2. The first-order valence-corrected chi connectivity index (χ1v) is 8.78. The minimum atomic E-state index is -0.905. The van der Waals surface area contributed by atoms with Crippen LogP contribution in [0.3, 0.4) is 0 Å². The molecule has 0 saturated carbocycles. The Morgan fingerprint density at radius 2 is 2.00 bits per heavy atom. The summed E-state index contributed by atoms with van der Waals surface area (Å²) in [6, 6.07) is 2.82. The Hall–Kier alpha value is -2.06. The van der Waals surface area contributed by atoms with Crippen molar-refractivity contribution < 1.29 is 23.1 Å². The van der Waals surface area contributed by atoms with Crippen molar-refractivity contribution in [2.45, 2.75) is 25.8 Å². The standard InChI is InChI=1S/C18H25F2N3O3/c1-13(12-23-7-9-26-10-8-23)22-17(24)3-2-6-21-18(25)15-5-4-14(19)11-16(15)20/h4-5,11,13H,2-3,6-10,12H2,1H3,(H,21,25)(H,22,24). The first kappa shape index (κ1) is 20.3. The molecule has 1 aliphatic rings. The molecule has 6 nitrogen and oxygen atoms in total. The van der Waals surface area contributed by atoms with E-state index < -0.39 is 17.5 Å². The quantitative estimate of drug-likeness (QED) is 0.678.